The van der Waals surface area contributed by atoms with Crippen LogP contribution in [0.5, 0.6) is 5.88 Å². The van der Waals surface area contributed by atoms with E-state index in [4.69, 9.17) is 10.5 Å². The zero-order valence-electron chi connectivity index (χ0n) is 11.7. The minimum atomic E-state index is 0.485. The maximum atomic E-state index is 5.77. The van der Waals surface area contributed by atoms with Crippen molar-refractivity contribution in [2.45, 2.75) is 6.92 Å². The number of hydrogen-bond acceptors (Lipinski definition) is 6. The van der Waals surface area contributed by atoms with Crippen molar-refractivity contribution in [1.29, 1.82) is 0 Å². The summed E-state index contributed by atoms with van der Waals surface area (Å²) in [5, 5.41) is 4.41. The van der Waals surface area contributed by atoms with E-state index in [1.807, 2.05) is 24.3 Å². The lowest BCUT2D eigenvalue weighted by Crippen LogP contribution is -2.03. The Labute approximate surface area is 121 Å². The number of hydrogen-bond donors (Lipinski definition) is 1. The molecule has 0 aliphatic heterocycles. The fourth-order valence-electron chi connectivity index (χ4n) is 1.93. The predicted molar refractivity (Wildman–Crippen MR) is 78.1 cm³/mol. The monoisotopic (exact) mass is 282 g/mol. The first-order valence-electron chi connectivity index (χ1n) is 6.33. The maximum Gasteiger partial charge on any atom is 0.218 e. The van der Waals surface area contributed by atoms with Crippen LogP contribution >= 0.6 is 0 Å². The molecule has 3 rings (SSSR count). The zero-order valence-corrected chi connectivity index (χ0v) is 11.7. The van der Waals surface area contributed by atoms with Crippen LogP contribution in [0.3, 0.4) is 0 Å². The average Bonchev–Trinajstić information content (AvgIpc) is 2.96. The summed E-state index contributed by atoms with van der Waals surface area (Å²) in [7, 11) is 1.56. The minimum absolute atomic E-state index is 0.485. The van der Waals surface area contributed by atoms with Gasteiger partial charge in [-0.3, -0.25) is 0 Å². The molecule has 0 radical (unpaired) electrons. The lowest BCUT2D eigenvalue weighted by Gasteiger charge is -2.04. The summed E-state index contributed by atoms with van der Waals surface area (Å²) in [6.45, 7) is 1.79. The highest BCUT2D eigenvalue weighted by Crippen LogP contribution is 2.18. The van der Waals surface area contributed by atoms with Crippen LogP contribution < -0.4 is 10.5 Å². The van der Waals surface area contributed by atoms with Crippen LogP contribution in [0.2, 0.25) is 0 Å². The summed E-state index contributed by atoms with van der Waals surface area (Å²) in [5.41, 5.74) is 7.30. The fourth-order valence-corrected chi connectivity index (χ4v) is 1.93. The van der Waals surface area contributed by atoms with Gasteiger partial charge in [0.15, 0.2) is 11.6 Å². The number of nitrogens with zero attached hydrogens (tertiary/aromatic N) is 5. The smallest absolute Gasteiger partial charge is 0.218 e. The van der Waals surface area contributed by atoms with E-state index in [-0.39, 0.29) is 0 Å². The summed E-state index contributed by atoms with van der Waals surface area (Å²) >= 11 is 0. The Balaban J connectivity index is 2.00. The third-order valence-electron chi connectivity index (χ3n) is 2.88. The van der Waals surface area contributed by atoms with Gasteiger partial charge < -0.3 is 10.5 Å². The number of aryl methyl sites for hydroxylation is 1. The van der Waals surface area contributed by atoms with E-state index < -0.39 is 0 Å². The minimum Gasteiger partial charge on any atom is -0.481 e. The molecule has 0 fully saturated rings. The molecule has 2 N–H and O–H groups in total. The van der Waals surface area contributed by atoms with Crippen molar-refractivity contribution >= 4 is 5.69 Å². The van der Waals surface area contributed by atoms with E-state index in [1.165, 1.54) is 0 Å². The Hall–Kier alpha value is -2.96. The quantitative estimate of drug-likeness (QED) is 0.734. The van der Waals surface area contributed by atoms with Gasteiger partial charge in [0.05, 0.1) is 7.11 Å². The average molecular weight is 282 g/mol. The van der Waals surface area contributed by atoms with Crippen LogP contribution in [-0.2, 0) is 0 Å². The molecule has 0 saturated carbocycles. The Kier molecular flexibility index (Phi) is 3.23. The number of nitrogen functional groups attached to an aromatic ring is 1. The van der Waals surface area contributed by atoms with E-state index in [0.717, 1.165) is 5.56 Å². The molecule has 0 saturated heterocycles. The first kappa shape index (κ1) is 13.0. The van der Waals surface area contributed by atoms with Crippen LogP contribution in [0.1, 0.15) is 5.82 Å². The van der Waals surface area contributed by atoms with Gasteiger partial charge in [-0.05, 0) is 19.1 Å². The maximum absolute atomic E-state index is 5.77. The molecule has 0 bridgehead atoms. The Bertz CT molecular complexity index is 783. The molecule has 106 valence electrons. The van der Waals surface area contributed by atoms with Crippen molar-refractivity contribution in [3.8, 4) is 23.1 Å². The van der Waals surface area contributed by atoms with Crippen molar-refractivity contribution in [3.05, 3.63) is 42.5 Å². The third-order valence-corrected chi connectivity index (χ3v) is 2.88. The Morgan fingerprint density at radius 3 is 2.81 bits per heavy atom. The van der Waals surface area contributed by atoms with E-state index >= 15 is 0 Å². The number of aromatic nitrogens is 5. The van der Waals surface area contributed by atoms with Crippen LogP contribution in [0.4, 0.5) is 5.69 Å². The van der Waals surface area contributed by atoms with Crippen molar-refractivity contribution in [3.63, 3.8) is 0 Å². The van der Waals surface area contributed by atoms with Gasteiger partial charge in [0.1, 0.15) is 12.2 Å². The van der Waals surface area contributed by atoms with E-state index in [1.54, 1.807) is 31.1 Å². The number of nitrogens with two attached hydrogens (primary N) is 1. The summed E-state index contributed by atoms with van der Waals surface area (Å²) < 4.78 is 6.71. The highest BCUT2D eigenvalue weighted by molar-refractivity contribution is 5.60. The summed E-state index contributed by atoms with van der Waals surface area (Å²) in [5.74, 6) is 2.27. The van der Waals surface area contributed by atoms with Crippen molar-refractivity contribution in [2.75, 3.05) is 12.8 Å². The second-order valence-electron chi connectivity index (χ2n) is 4.45. The summed E-state index contributed by atoms with van der Waals surface area (Å²) in [6.07, 6.45) is 1.60. The van der Waals surface area contributed by atoms with E-state index in [0.29, 0.717) is 29.0 Å². The molecule has 0 aliphatic carbocycles. The SMILES string of the molecule is COc1cc(-n2cnc(-c3cccc(N)c3)n2)nc(C)n1. The number of benzene rings is 1. The molecule has 21 heavy (non-hydrogen) atoms. The lowest BCUT2D eigenvalue weighted by molar-refractivity contribution is 0.395. The molecule has 0 spiro atoms. The van der Waals surface area contributed by atoms with Crippen LogP contribution in [0.25, 0.3) is 17.2 Å². The number of methoxy groups -OCH3 is 1. The van der Waals surface area contributed by atoms with Crippen molar-refractivity contribution in [1.82, 2.24) is 24.7 Å². The van der Waals surface area contributed by atoms with Gasteiger partial charge in [0.25, 0.3) is 0 Å². The van der Waals surface area contributed by atoms with Gasteiger partial charge in [-0.1, -0.05) is 12.1 Å². The zero-order chi connectivity index (χ0) is 14.8. The summed E-state index contributed by atoms with van der Waals surface area (Å²) in [6, 6.07) is 9.11. The van der Waals surface area contributed by atoms with Crippen molar-refractivity contribution in [2.24, 2.45) is 0 Å². The van der Waals surface area contributed by atoms with Crippen molar-refractivity contribution < 1.29 is 4.74 Å². The molecule has 0 amide bonds. The highest BCUT2D eigenvalue weighted by Gasteiger charge is 2.09. The molecule has 7 heteroatoms. The Morgan fingerprint density at radius 1 is 1.19 bits per heavy atom. The number of ether oxygens (including phenoxy) is 1. The first-order chi connectivity index (χ1) is 10.2. The van der Waals surface area contributed by atoms with Crippen LogP contribution in [0, 0.1) is 6.92 Å². The molecule has 2 heterocycles. The highest BCUT2D eigenvalue weighted by atomic mass is 16.5. The van der Waals surface area contributed by atoms with Gasteiger partial charge in [-0.2, -0.15) is 4.98 Å². The van der Waals surface area contributed by atoms with Gasteiger partial charge in [0, 0.05) is 17.3 Å². The molecule has 1 aromatic carbocycles. The van der Waals surface area contributed by atoms with E-state index in [2.05, 4.69) is 20.1 Å². The third kappa shape index (κ3) is 2.66. The van der Waals surface area contributed by atoms with E-state index in [9.17, 15) is 0 Å². The van der Waals surface area contributed by atoms with Crippen LogP contribution in [-0.4, -0.2) is 31.8 Å². The van der Waals surface area contributed by atoms with Gasteiger partial charge >= 0.3 is 0 Å². The fraction of sp³-hybridized carbons (Fsp3) is 0.143. The number of anilines is 1. The first-order valence-corrected chi connectivity index (χ1v) is 6.33. The Morgan fingerprint density at radius 2 is 2.05 bits per heavy atom. The standard InChI is InChI=1S/C14H14N6O/c1-9-17-12(7-13(18-9)21-2)20-8-16-14(19-20)10-4-3-5-11(15)6-10/h3-8H,15H2,1-2H3. The molecule has 0 aliphatic rings. The predicted octanol–water partition coefficient (Wildman–Crippen LogP) is 1.62. The van der Waals surface area contributed by atoms with Gasteiger partial charge in [-0.25, -0.2) is 14.6 Å². The van der Waals surface area contributed by atoms with Gasteiger partial charge in [0.2, 0.25) is 5.88 Å². The molecule has 2 aromatic heterocycles. The normalized spacial score (nSPS) is 10.6. The molecule has 0 atom stereocenters. The largest absolute Gasteiger partial charge is 0.481 e. The van der Waals surface area contributed by atoms with Crippen LogP contribution in [0.15, 0.2) is 36.7 Å². The molecular formula is C14H14N6O. The molecule has 0 unspecified atom stereocenters. The second kappa shape index (κ2) is 5.20. The molecular weight excluding hydrogens is 268 g/mol. The lowest BCUT2D eigenvalue weighted by atomic mass is 10.2. The van der Waals surface area contributed by atoms with Gasteiger partial charge in [-0.15, -0.1) is 5.10 Å². The molecule has 7 nitrogen and oxygen atoms in total. The second-order valence-corrected chi connectivity index (χ2v) is 4.45. The topological polar surface area (TPSA) is 91.7 Å². The molecule has 3 aromatic rings. The number of rotatable bonds is 3. The summed E-state index contributed by atoms with van der Waals surface area (Å²) in [4.78, 5) is 12.7.